The van der Waals surface area contributed by atoms with E-state index in [9.17, 15) is 18.4 Å². The van der Waals surface area contributed by atoms with Crippen LogP contribution in [-0.4, -0.2) is 25.1 Å². The van der Waals surface area contributed by atoms with E-state index in [1.54, 1.807) is 0 Å². The van der Waals surface area contributed by atoms with Crippen LogP contribution in [0.15, 0.2) is 42.5 Å². The average molecular weight is 349 g/mol. The van der Waals surface area contributed by atoms with Gasteiger partial charge in [0.05, 0.1) is 12.2 Å². The molecule has 2 rings (SSSR count). The molecule has 2 aromatic carbocycles. The molecule has 0 aromatic heterocycles. The normalized spacial score (nSPS) is 10.2. The molecule has 0 aliphatic rings. The molecule has 25 heavy (non-hydrogen) atoms. The number of carbonyl (C=O) groups is 2. The molecule has 3 amide bonds. The zero-order valence-corrected chi connectivity index (χ0v) is 13.2. The van der Waals surface area contributed by atoms with Crippen molar-refractivity contribution in [3.63, 3.8) is 0 Å². The summed E-state index contributed by atoms with van der Waals surface area (Å²) in [4.78, 5) is 22.8. The SMILES string of the molecule is NC(=O)c1cc(NC(=O)NCCCOc2ccc(F)cc2)ccc1F. The van der Waals surface area contributed by atoms with Crippen LogP contribution in [0, 0.1) is 11.6 Å². The van der Waals surface area contributed by atoms with Crippen molar-refractivity contribution in [2.75, 3.05) is 18.5 Å². The van der Waals surface area contributed by atoms with Crippen LogP contribution in [0.2, 0.25) is 0 Å². The summed E-state index contributed by atoms with van der Waals surface area (Å²) < 4.78 is 31.5. The van der Waals surface area contributed by atoms with E-state index in [2.05, 4.69) is 10.6 Å². The molecule has 0 heterocycles. The number of hydrogen-bond acceptors (Lipinski definition) is 3. The van der Waals surface area contributed by atoms with Crippen LogP contribution in [0.5, 0.6) is 5.75 Å². The second-order valence-electron chi connectivity index (χ2n) is 5.10. The van der Waals surface area contributed by atoms with Crippen molar-refractivity contribution in [2.45, 2.75) is 6.42 Å². The fourth-order valence-corrected chi connectivity index (χ4v) is 1.96. The Bertz CT molecular complexity index is 751. The smallest absolute Gasteiger partial charge is 0.319 e. The van der Waals surface area contributed by atoms with Crippen LogP contribution in [0.1, 0.15) is 16.8 Å². The number of carbonyl (C=O) groups excluding carboxylic acids is 2. The van der Waals surface area contributed by atoms with Crippen molar-refractivity contribution >= 4 is 17.6 Å². The topological polar surface area (TPSA) is 93.5 Å². The molecule has 0 atom stereocenters. The Labute approximate surface area is 143 Å². The van der Waals surface area contributed by atoms with Gasteiger partial charge >= 0.3 is 6.03 Å². The molecule has 0 radical (unpaired) electrons. The van der Waals surface area contributed by atoms with Crippen LogP contribution >= 0.6 is 0 Å². The number of halogens is 2. The summed E-state index contributed by atoms with van der Waals surface area (Å²) in [7, 11) is 0. The molecule has 0 fully saturated rings. The third kappa shape index (κ3) is 5.76. The number of hydrogen-bond donors (Lipinski definition) is 3. The third-order valence-electron chi connectivity index (χ3n) is 3.18. The lowest BCUT2D eigenvalue weighted by molar-refractivity contribution is 0.0996. The Morgan fingerprint density at radius 1 is 1.08 bits per heavy atom. The highest BCUT2D eigenvalue weighted by Gasteiger charge is 2.10. The van der Waals surface area contributed by atoms with Crippen molar-refractivity contribution in [2.24, 2.45) is 5.73 Å². The molecule has 0 unspecified atom stereocenters. The van der Waals surface area contributed by atoms with Crippen molar-refractivity contribution in [1.82, 2.24) is 5.32 Å². The summed E-state index contributed by atoms with van der Waals surface area (Å²) in [5.74, 6) is -1.47. The van der Waals surface area contributed by atoms with Crippen molar-refractivity contribution in [1.29, 1.82) is 0 Å². The van der Waals surface area contributed by atoms with E-state index < -0.39 is 17.8 Å². The Hall–Kier alpha value is -3.16. The maximum absolute atomic E-state index is 13.3. The van der Waals surface area contributed by atoms with Gasteiger partial charge in [0.25, 0.3) is 5.91 Å². The summed E-state index contributed by atoms with van der Waals surface area (Å²) in [6, 6.07) is 8.64. The van der Waals surface area contributed by atoms with Gasteiger partial charge in [-0.25, -0.2) is 13.6 Å². The first-order chi connectivity index (χ1) is 12.0. The fourth-order valence-electron chi connectivity index (χ4n) is 1.96. The molecule has 0 spiro atoms. The Kier molecular flexibility index (Phi) is 6.27. The minimum absolute atomic E-state index is 0.246. The average Bonchev–Trinajstić information content (AvgIpc) is 2.57. The predicted octanol–water partition coefficient (Wildman–Crippen LogP) is 2.65. The largest absolute Gasteiger partial charge is 0.494 e. The van der Waals surface area contributed by atoms with Gasteiger partial charge < -0.3 is 21.1 Å². The number of nitrogens with two attached hydrogens (primary N) is 1. The highest BCUT2D eigenvalue weighted by atomic mass is 19.1. The zero-order valence-electron chi connectivity index (χ0n) is 13.2. The minimum Gasteiger partial charge on any atom is -0.494 e. The number of anilines is 1. The van der Waals surface area contributed by atoms with Crippen LogP contribution in [0.4, 0.5) is 19.3 Å². The monoisotopic (exact) mass is 349 g/mol. The van der Waals surface area contributed by atoms with Gasteiger partial charge in [-0.05, 0) is 48.9 Å². The van der Waals surface area contributed by atoms with E-state index in [0.717, 1.165) is 12.1 Å². The second-order valence-corrected chi connectivity index (χ2v) is 5.10. The van der Waals surface area contributed by atoms with Gasteiger partial charge in [0.1, 0.15) is 17.4 Å². The summed E-state index contributed by atoms with van der Waals surface area (Å²) in [6.07, 6.45) is 0.529. The molecule has 4 N–H and O–H groups in total. The molecule has 0 saturated carbocycles. The minimum atomic E-state index is -0.917. The molecule has 0 aliphatic heterocycles. The van der Waals surface area contributed by atoms with Gasteiger partial charge in [0.2, 0.25) is 0 Å². The summed E-state index contributed by atoms with van der Waals surface area (Å²) in [5, 5.41) is 5.06. The highest BCUT2D eigenvalue weighted by Crippen LogP contribution is 2.14. The summed E-state index contributed by atoms with van der Waals surface area (Å²) in [6.45, 7) is 0.672. The van der Waals surface area contributed by atoms with E-state index in [-0.39, 0.29) is 17.1 Å². The second kappa shape index (κ2) is 8.62. The zero-order chi connectivity index (χ0) is 18.2. The maximum atomic E-state index is 13.3. The molecule has 0 aliphatic carbocycles. The van der Waals surface area contributed by atoms with Gasteiger partial charge in [-0.15, -0.1) is 0 Å². The lowest BCUT2D eigenvalue weighted by Gasteiger charge is -2.09. The first kappa shape index (κ1) is 18.2. The van der Waals surface area contributed by atoms with Crippen LogP contribution < -0.4 is 21.1 Å². The first-order valence-electron chi connectivity index (χ1n) is 7.48. The summed E-state index contributed by atoms with van der Waals surface area (Å²) in [5.41, 5.74) is 4.99. The standard InChI is InChI=1S/C17H17F2N3O3/c18-11-2-5-13(6-3-11)25-9-1-8-21-17(24)22-12-4-7-15(19)14(10-12)16(20)23/h2-7,10H,1,8-9H2,(H2,20,23)(H2,21,22,24). The van der Waals surface area contributed by atoms with E-state index in [0.29, 0.717) is 25.3 Å². The summed E-state index contributed by atoms with van der Waals surface area (Å²) >= 11 is 0. The quantitative estimate of drug-likeness (QED) is 0.671. The molecule has 0 saturated heterocycles. The van der Waals surface area contributed by atoms with Gasteiger partial charge in [-0.1, -0.05) is 0 Å². The maximum Gasteiger partial charge on any atom is 0.319 e. The van der Waals surface area contributed by atoms with Gasteiger partial charge in [0.15, 0.2) is 0 Å². The number of ether oxygens (including phenoxy) is 1. The first-order valence-corrected chi connectivity index (χ1v) is 7.48. The van der Waals surface area contributed by atoms with Crippen molar-refractivity contribution in [3.8, 4) is 5.75 Å². The Morgan fingerprint density at radius 3 is 2.48 bits per heavy atom. The van der Waals surface area contributed by atoms with Gasteiger partial charge in [-0.3, -0.25) is 4.79 Å². The van der Waals surface area contributed by atoms with E-state index in [1.165, 1.54) is 30.3 Å². The fraction of sp³-hybridized carbons (Fsp3) is 0.176. The van der Waals surface area contributed by atoms with E-state index in [1.807, 2.05) is 0 Å². The van der Waals surface area contributed by atoms with Crippen molar-refractivity contribution in [3.05, 3.63) is 59.7 Å². The lowest BCUT2D eigenvalue weighted by Crippen LogP contribution is -2.30. The number of benzene rings is 2. The molecule has 2 aromatic rings. The van der Waals surface area contributed by atoms with Crippen LogP contribution in [-0.2, 0) is 0 Å². The number of amides is 3. The van der Waals surface area contributed by atoms with Crippen LogP contribution in [0.3, 0.4) is 0 Å². The lowest BCUT2D eigenvalue weighted by atomic mass is 10.2. The molecular formula is C17H17F2N3O3. The van der Waals surface area contributed by atoms with Crippen LogP contribution in [0.25, 0.3) is 0 Å². The van der Waals surface area contributed by atoms with Crippen molar-refractivity contribution < 1.29 is 23.1 Å². The highest BCUT2D eigenvalue weighted by molar-refractivity contribution is 5.96. The molecule has 6 nitrogen and oxygen atoms in total. The molecule has 8 heteroatoms. The van der Waals surface area contributed by atoms with E-state index in [4.69, 9.17) is 10.5 Å². The number of primary amides is 1. The van der Waals surface area contributed by atoms with Gasteiger partial charge in [0, 0.05) is 12.2 Å². The van der Waals surface area contributed by atoms with E-state index >= 15 is 0 Å². The number of urea groups is 1. The predicted molar refractivity (Wildman–Crippen MR) is 88.5 cm³/mol. The van der Waals surface area contributed by atoms with Gasteiger partial charge in [-0.2, -0.15) is 0 Å². The Balaban J connectivity index is 1.71. The molecule has 0 bridgehead atoms. The number of nitrogens with one attached hydrogen (secondary N) is 2. The molecule has 132 valence electrons. The Morgan fingerprint density at radius 2 is 1.80 bits per heavy atom. The molecular weight excluding hydrogens is 332 g/mol. The number of rotatable bonds is 7. The third-order valence-corrected chi connectivity index (χ3v) is 3.18.